The van der Waals surface area contributed by atoms with E-state index in [1.54, 1.807) is 30.8 Å². The quantitative estimate of drug-likeness (QED) is 0.0653. The van der Waals surface area contributed by atoms with Crippen molar-refractivity contribution in [1.82, 2.24) is 30.2 Å². The van der Waals surface area contributed by atoms with Gasteiger partial charge in [0.2, 0.25) is 29.5 Å². The minimum atomic E-state index is -1.15. The van der Waals surface area contributed by atoms with Crippen LogP contribution >= 0.6 is 9.24 Å². The van der Waals surface area contributed by atoms with E-state index in [0.717, 1.165) is 0 Å². The van der Waals surface area contributed by atoms with Crippen molar-refractivity contribution in [3.63, 3.8) is 0 Å². The lowest BCUT2D eigenvalue weighted by atomic mass is 9.89. The third kappa shape index (κ3) is 14.3. The van der Waals surface area contributed by atoms with Crippen LogP contribution in [0.15, 0.2) is 12.2 Å². The number of nitrogens with one attached hydrogen (secondary N) is 2. The zero-order chi connectivity index (χ0) is 46.3. The van der Waals surface area contributed by atoms with Gasteiger partial charge in [-0.1, -0.05) is 61.3 Å². The van der Waals surface area contributed by atoms with Crippen molar-refractivity contribution >= 4 is 56.6 Å². The second-order valence-electron chi connectivity index (χ2n) is 17.1. The van der Waals surface area contributed by atoms with Gasteiger partial charge in [0.15, 0.2) is 0 Å². The number of amides is 7. The first-order chi connectivity index (χ1) is 28.7. The van der Waals surface area contributed by atoms with Gasteiger partial charge in [-0.15, -0.1) is 9.24 Å². The smallest absolute Gasteiger partial charge is 0.326 e. The summed E-state index contributed by atoms with van der Waals surface area (Å²) in [6.45, 7) is 13.6. The van der Waals surface area contributed by atoms with Crippen LogP contribution in [0.5, 0.6) is 0 Å². The average molecular weight is 881 g/mol. The Morgan fingerprint density at radius 1 is 0.885 bits per heavy atom. The van der Waals surface area contributed by atoms with Crippen molar-refractivity contribution < 1.29 is 52.9 Å². The van der Waals surface area contributed by atoms with E-state index >= 15 is 0 Å². The van der Waals surface area contributed by atoms with E-state index in [-0.39, 0.29) is 72.8 Å². The van der Waals surface area contributed by atoms with Gasteiger partial charge in [0.25, 0.3) is 11.8 Å². The molecule has 0 aromatic rings. The predicted molar refractivity (Wildman–Crippen MR) is 233 cm³/mol. The summed E-state index contributed by atoms with van der Waals surface area (Å²) >= 11 is 0. The van der Waals surface area contributed by atoms with Gasteiger partial charge in [-0.25, -0.2) is 4.79 Å². The zero-order valence-corrected chi connectivity index (χ0v) is 39.3. The molecule has 2 rings (SSSR count). The lowest BCUT2D eigenvalue weighted by Gasteiger charge is -2.41. The molecule has 18 heteroatoms. The second-order valence-corrected chi connectivity index (χ2v) is 17.6. The van der Waals surface area contributed by atoms with Crippen LogP contribution in [0.1, 0.15) is 99.8 Å². The summed E-state index contributed by atoms with van der Waals surface area (Å²) < 4.78 is 11.8. The van der Waals surface area contributed by atoms with Crippen LogP contribution in [0.25, 0.3) is 0 Å². The molecule has 3 N–H and O–H groups in total. The molecule has 0 aromatic carbocycles. The van der Waals surface area contributed by atoms with E-state index in [4.69, 9.17) is 9.47 Å². The Morgan fingerprint density at radius 3 is 2.02 bits per heavy atom. The molecule has 2 aliphatic heterocycles. The van der Waals surface area contributed by atoms with Gasteiger partial charge < -0.3 is 39.9 Å². The first kappa shape index (κ1) is 53.2. The van der Waals surface area contributed by atoms with Crippen molar-refractivity contribution in [3.8, 4) is 0 Å². The second kappa shape index (κ2) is 25.2. The highest BCUT2D eigenvalue weighted by Gasteiger charge is 2.43. The molecule has 0 saturated carbocycles. The number of rotatable bonds is 26. The number of unbranched alkanes of at least 4 members (excludes halogenated alkanes) is 2. The maximum absolute atomic E-state index is 14.5. The van der Waals surface area contributed by atoms with E-state index in [2.05, 4.69) is 19.9 Å². The summed E-state index contributed by atoms with van der Waals surface area (Å²) in [6.07, 6.45) is 4.84. The molecule has 1 fully saturated rings. The summed E-state index contributed by atoms with van der Waals surface area (Å²) in [4.78, 5) is 110. The third-order valence-electron chi connectivity index (χ3n) is 12.2. The Balaban J connectivity index is 2.20. The number of carboxylic acids is 1. The van der Waals surface area contributed by atoms with Gasteiger partial charge in [-0.05, 0) is 49.6 Å². The van der Waals surface area contributed by atoms with Gasteiger partial charge in [0.1, 0.15) is 18.1 Å². The molecule has 1 saturated heterocycles. The number of carbonyl (C=O) groups excluding carboxylic acids is 7. The number of likely N-dealkylation sites (tertiary alicyclic amines) is 1. The van der Waals surface area contributed by atoms with Gasteiger partial charge >= 0.3 is 5.97 Å². The molecule has 7 amide bonds. The number of ether oxygens (including phenoxy) is 2. The summed E-state index contributed by atoms with van der Waals surface area (Å²) in [5.74, 6) is -5.15. The van der Waals surface area contributed by atoms with E-state index in [0.29, 0.717) is 45.1 Å². The molecule has 346 valence electrons. The highest BCUT2D eigenvalue weighted by Crippen LogP contribution is 2.30. The minimum Gasteiger partial charge on any atom is -0.480 e. The SMILES string of the molecule is CC[C@H](C)[C@@H]([C@@H](CC(=O)N1CCC[C@H]1[C@H](OC)[C@@H](C)C(=O)N[C@@H](CP)C(=O)O)OC)N(C)C(=O)[C@@H](NC(=O)[C@H](C(C)C)N(C)C(=O)CCCCCN1C(=O)C=CC1=O)C(C)C. The van der Waals surface area contributed by atoms with Crippen LogP contribution in [0.2, 0.25) is 0 Å². The number of hydrogen-bond donors (Lipinski definition) is 3. The van der Waals surface area contributed by atoms with Gasteiger partial charge in [0, 0.05) is 60.0 Å². The van der Waals surface area contributed by atoms with Gasteiger partial charge in [-0.2, -0.15) is 0 Å². The molecule has 17 nitrogen and oxygen atoms in total. The summed E-state index contributed by atoms with van der Waals surface area (Å²) in [5, 5.41) is 15.0. The zero-order valence-electron chi connectivity index (χ0n) is 38.2. The van der Waals surface area contributed by atoms with Crippen LogP contribution in [0.3, 0.4) is 0 Å². The fourth-order valence-electron chi connectivity index (χ4n) is 8.43. The Kier molecular flexibility index (Phi) is 22.0. The summed E-state index contributed by atoms with van der Waals surface area (Å²) in [6, 6.07) is -3.93. The molecule has 61 heavy (non-hydrogen) atoms. The Labute approximate surface area is 364 Å². The van der Waals surface area contributed by atoms with Crippen molar-refractivity contribution in [2.45, 2.75) is 142 Å². The third-order valence-corrected chi connectivity index (χ3v) is 12.7. The van der Waals surface area contributed by atoms with Crippen LogP contribution < -0.4 is 10.6 Å². The van der Waals surface area contributed by atoms with Crippen LogP contribution in [0.4, 0.5) is 0 Å². The fraction of sp³-hybridized carbons (Fsp3) is 0.767. The van der Waals surface area contributed by atoms with Crippen LogP contribution in [-0.4, -0.2) is 162 Å². The average Bonchev–Trinajstić information content (AvgIpc) is 3.83. The largest absolute Gasteiger partial charge is 0.480 e. The standard InChI is InChI=1S/C43H73N6O11P/c1-12-27(6)38(31(59-10)23-35(53)48-22-16-17-30(48)39(60-11)28(7)40(54)44-29(24-61)43(57)58)47(9)42(56)36(25(2)3)45-41(55)37(26(4)5)46(8)32(50)18-14-13-15-21-49-33(51)19-20-34(49)52/h19-20,25-31,36-39H,12-18,21-24,61H2,1-11H3,(H,44,54)(H,45,55)(H,57,58)/t27-,28+,29-,30-,31+,36-,37-,38-,39+/m0/s1. The Bertz CT molecular complexity index is 1560. The Morgan fingerprint density at radius 2 is 1.51 bits per heavy atom. The first-order valence-corrected chi connectivity index (χ1v) is 22.4. The van der Waals surface area contributed by atoms with Crippen molar-refractivity contribution in [1.29, 1.82) is 0 Å². The lowest BCUT2D eigenvalue weighted by molar-refractivity contribution is -0.149. The summed E-state index contributed by atoms with van der Waals surface area (Å²) in [5.41, 5.74) is 0. The van der Waals surface area contributed by atoms with Crippen LogP contribution in [-0.2, 0) is 47.8 Å². The number of carboxylic acid groups (broad SMARTS) is 1. The van der Waals surface area contributed by atoms with E-state index < -0.39 is 66.1 Å². The molecule has 0 bridgehead atoms. The molecule has 2 heterocycles. The molecule has 2 aliphatic rings. The number of nitrogens with zero attached hydrogens (tertiary/aromatic N) is 4. The number of hydrogen-bond acceptors (Lipinski definition) is 10. The molecule has 0 aliphatic carbocycles. The number of aliphatic carboxylic acids is 1. The number of imide groups is 1. The Hall–Kier alpha value is -3.95. The normalized spacial score (nSPS) is 19.3. The molecule has 0 radical (unpaired) electrons. The molecular weight excluding hydrogens is 807 g/mol. The molecule has 0 aromatic heterocycles. The maximum atomic E-state index is 14.5. The lowest BCUT2D eigenvalue weighted by Crippen LogP contribution is -2.60. The summed E-state index contributed by atoms with van der Waals surface area (Å²) in [7, 11) is 8.51. The van der Waals surface area contributed by atoms with Crippen molar-refractivity contribution in [2.75, 3.05) is 47.6 Å². The number of carbonyl (C=O) groups is 8. The number of methoxy groups -OCH3 is 2. The maximum Gasteiger partial charge on any atom is 0.326 e. The predicted octanol–water partition coefficient (Wildman–Crippen LogP) is 2.46. The van der Waals surface area contributed by atoms with Gasteiger partial charge in [-0.3, -0.25) is 38.5 Å². The molecular formula is C43H73N6O11P. The molecule has 0 spiro atoms. The van der Waals surface area contributed by atoms with Crippen molar-refractivity contribution in [2.24, 2.45) is 23.7 Å². The first-order valence-electron chi connectivity index (χ1n) is 21.6. The topological polar surface area (TPSA) is 212 Å². The minimum absolute atomic E-state index is 0.0719. The van der Waals surface area contributed by atoms with E-state index in [1.807, 2.05) is 41.5 Å². The van der Waals surface area contributed by atoms with Gasteiger partial charge in [0.05, 0.1) is 36.6 Å². The van der Waals surface area contributed by atoms with E-state index in [9.17, 15) is 43.5 Å². The molecule has 1 unspecified atom stereocenters. The van der Waals surface area contributed by atoms with Crippen LogP contribution in [0, 0.1) is 23.7 Å². The molecule has 10 atom stereocenters. The monoisotopic (exact) mass is 881 g/mol. The number of likely N-dealkylation sites (N-methyl/N-ethyl adjacent to an activating group) is 2. The highest BCUT2D eigenvalue weighted by atomic mass is 31.0. The fourth-order valence-corrected chi connectivity index (χ4v) is 8.75. The van der Waals surface area contributed by atoms with Crippen molar-refractivity contribution in [3.05, 3.63) is 12.2 Å². The highest BCUT2D eigenvalue weighted by molar-refractivity contribution is 7.16. The van der Waals surface area contributed by atoms with E-state index in [1.165, 1.54) is 36.2 Å².